The van der Waals surface area contributed by atoms with Crippen LogP contribution in [0.2, 0.25) is 5.02 Å². The lowest BCUT2D eigenvalue weighted by atomic mass is 9.50. The van der Waals surface area contributed by atoms with Gasteiger partial charge in [-0.15, -0.1) is 0 Å². The van der Waals surface area contributed by atoms with E-state index in [1.54, 1.807) is 12.1 Å². The van der Waals surface area contributed by atoms with Gasteiger partial charge in [-0.05, 0) is 67.0 Å². The molecule has 1 spiro atoms. The quantitative estimate of drug-likeness (QED) is 0.486. The van der Waals surface area contributed by atoms with Gasteiger partial charge in [0.25, 0.3) is 5.91 Å². The summed E-state index contributed by atoms with van der Waals surface area (Å²) in [6.07, 6.45) is 5.15. The number of aliphatic carboxylic acids is 1. The van der Waals surface area contributed by atoms with Crippen molar-refractivity contribution in [3.8, 4) is 0 Å². The Morgan fingerprint density at radius 3 is 2.48 bits per heavy atom. The summed E-state index contributed by atoms with van der Waals surface area (Å²) in [5.74, 6) is -1.02. The van der Waals surface area contributed by atoms with Gasteiger partial charge in [0.15, 0.2) is 0 Å². The number of amides is 1. The van der Waals surface area contributed by atoms with Crippen LogP contribution in [0.4, 0.5) is 0 Å². The maximum absolute atomic E-state index is 13.1. The van der Waals surface area contributed by atoms with E-state index in [0.717, 1.165) is 46.6 Å². The molecule has 7 heteroatoms. The third kappa shape index (κ3) is 3.76. The number of rotatable bonds is 5. The van der Waals surface area contributed by atoms with Crippen molar-refractivity contribution < 1.29 is 14.7 Å². The number of hydrogen-bond acceptors (Lipinski definition) is 2. The van der Waals surface area contributed by atoms with Crippen LogP contribution >= 0.6 is 27.5 Å². The summed E-state index contributed by atoms with van der Waals surface area (Å²) in [7, 11) is 0. The maximum Gasteiger partial charge on any atom is 0.306 e. The average Bonchev–Trinajstić information content (AvgIpc) is 3.09. The van der Waals surface area contributed by atoms with Gasteiger partial charge in [0.05, 0.1) is 17.0 Å². The van der Waals surface area contributed by atoms with Crippen LogP contribution in [0.1, 0.15) is 41.6 Å². The molecule has 0 unspecified atom stereocenters. The van der Waals surface area contributed by atoms with E-state index < -0.39 is 5.97 Å². The Morgan fingerprint density at radius 1 is 1.10 bits per heavy atom. The van der Waals surface area contributed by atoms with Gasteiger partial charge in [-0.25, -0.2) is 0 Å². The highest BCUT2D eigenvalue weighted by Gasteiger charge is 2.55. The number of halogens is 2. The van der Waals surface area contributed by atoms with Gasteiger partial charge in [0.1, 0.15) is 0 Å². The number of fused-ring (bicyclic) bond motifs is 1. The summed E-state index contributed by atoms with van der Waals surface area (Å²) in [5.41, 5.74) is 2.69. The average molecular weight is 502 g/mol. The molecule has 2 saturated carbocycles. The van der Waals surface area contributed by atoms with Gasteiger partial charge < -0.3 is 15.0 Å². The highest BCUT2D eigenvalue weighted by atomic mass is 79.9. The highest BCUT2D eigenvalue weighted by Crippen LogP contribution is 2.58. The van der Waals surface area contributed by atoms with Crippen LogP contribution in [0.5, 0.6) is 0 Å². The van der Waals surface area contributed by atoms with Crippen LogP contribution in [0.15, 0.2) is 53.1 Å². The number of carbonyl (C=O) groups is 2. The van der Waals surface area contributed by atoms with E-state index in [9.17, 15) is 9.59 Å². The normalized spacial score (nSPS) is 24.6. The Labute approximate surface area is 193 Å². The molecule has 0 aliphatic heterocycles. The Bertz CT molecular complexity index is 1170. The van der Waals surface area contributed by atoms with E-state index in [-0.39, 0.29) is 23.3 Å². The lowest BCUT2D eigenvalue weighted by Crippen LogP contribution is -2.57. The molecule has 2 N–H and O–H groups in total. The molecule has 1 amide bonds. The minimum atomic E-state index is -0.701. The van der Waals surface area contributed by atoms with Crippen molar-refractivity contribution in [2.75, 3.05) is 0 Å². The zero-order valence-corrected chi connectivity index (χ0v) is 19.1. The minimum Gasteiger partial charge on any atom is -0.481 e. The number of benzene rings is 2. The van der Waals surface area contributed by atoms with E-state index in [4.69, 9.17) is 16.7 Å². The Morgan fingerprint density at radius 2 is 1.81 bits per heavy atom. The van der Waals surface area contributed by atoms with E-state index in [1.165, 1.54) is 0 Å². The molecule has 0 radical (unpaired) electrons. The van der Waals surface area contributed by atoms with Crippen molar-refractivity contribution in [1.29, 1.82) is 0 Å². The Hall–Kier alpha value is -2.31. The first-order valence-corrected chi connectivity index (χ1v) is 11.6. The Kier molecular flexibility index (Phi) is 5.10. The number of hydrogen-bond donors (Lipinski definition) is 2. The first-order valence-electron chi connectivity index (χ1n) is 10.4. The summed E-state index contributed by atoms with van der Waals surface area (Å²) in [6, 6.07) is 13.7. The number of nitrogens with zero attached hydrogens (tertiary/aromatic N) is 1. The Balaban J connectivity index is 1.34. The van der Waals surface area contributed by atoms with Crippen molar-refractivity contribution in [3.63, 3.8) is 0 Å². The summed E-state index contributed by atoms with van der Waals surface area (Å²) in [6.45, 7) is 0.639. The SMILES string of the molecule is O=C(NC1CC2(C1)CC(C(=O)O)C2)c1ccc(Cl)c2ccn(Cc3ccc(Br)cc3)c12. The zero-order chi connectivity index (χ0) is 21.8. The molecule has 2 aliphatic carbocycles. The van der Waals surface area contributed by atoms with Gasteiger partial charge >= 0.3 is 5.97 Å². The van der Waals surface area contributed by atoms with Crippen LogP contribution in [0.25, 0.3) is 10.9 Å². The third-order valence-electron chi connectivity index (χ3n) is 6.79. The van der Waals surface area contributed by atoms with Crippen molar-refractivity contribution >= 4 is 50.3 Å². The molecule has 2 aromatic carbocycles. The summed E-state index contributed by atoms with van der Waals surface area (Å²) in [5, 5.41) is 13.7. The third-order valence-corrected chi connectivity index (χ3v) is 7.64. The number of aromatic nitrogens is 1. The molecule has 0 saturated heterocycles. The van der Waals surface area contributed by atoms with Crippen LogP contribution in [0.3, 0.4) is 0 Å². The second-order valence-corrected chi connectivity index (χ2v) is 10.3. The van der Waals surface area contributed by atoms with E-state index in [2.05, 4.69) is 37.9 Å². The monoisotopic (exact) mass is 500 g/mol. The molecule has 1 heterocycles. The molecule has 3 aromatic rings. The van der Waals surface area contributed by atoms with Crippen molar-refractivity contribution in [2.24, 2.45) is 11.3 Å². The van der Waals surface area contributed by atoms with Crippen LogP contribution in [-0.2, 0) is 11.3 Å². The fraction of sp³-hybridized carbons (Fsp3) is 0.333. The lowest BCUT2D eigenvalue weighted by Gasteiger charge is -2.56. The van der Waals surface area contributed by atoms with Crippen molar-refractivity contribution in [2.45, 2.75) is 38.3 Å². The molecular weight excluding hydrogens is 480 g/mol. The maximum atomic E-state index is 13.1. The molecule has 0 atom stereocenters. The smallest absolute Gasteiger partial charge is 0.306 e. The number of carboxylic acid groups (broad SMARTS) is 1. The predicted octanol–water partition coefficient (Wildman–Crippen LogP) is 5.48. The first kappa shape index (κ1) is 20.6. The largest absolute Gasteiger partial charge is 0.481 e. The van der Waals surface area contributed by atoms with Gasteiger partial charge in [-0.1, -0.05) is 39.7 Å². The van der Waals surface area contributed by atoms with Gasteiger partial charge in [0, 0.05) is 33.7 Å². The van der Waals surface area contributed by atoms with Gasteiger partial charge in [-0.2, -0.15) is 0 Å². The number of carboxylic acids is 1. The van der Waals surface area contributed by atoms with Crippen LogP contribution in [-0.4, -0.2) is 27.6 Å². The lowest BCUT2D eigenvalue weighted by molar-refractivity contribution is -0.155. The summed E-state index contributed by atoms with van der Waals surface area (Å²) >= 11 is 9.88. The first-order chi connectivity index (χ1) is 14.8. The van der Waals surface area contributed by atoms with E-state index in [1.807, 2.05) is 24.4 Å². The molecule has 0 bridgehead atoms. The fourth-order valence-electron chi connectivity index (χ4n) is 5.24. The molecule has 31 heavy (non-hydrogen) atoms. The summed E-state index contributed by atoms with van der Waals surface area (Å²) < 4.78 is 3.08. The molecule has 5 nitrogen and oxygen atoms in total. The van der Waals surface area contributed by atoms with Gasteiger partial charge in [0.2, 0.25) is 0 Å². The molecule has 2 fully saturated rings. The molecule has 1 aromatic heterocycles. The highest BCUT2D eigenvalue weighted by molar-refractivity contribution is 9.10. The fourth-order valence-corrected chi connectivity index (χ4v) is 5.72. The van der Waals surface area contributed by atoms with E-state index in [0.29, 0.717) is 17.1 Å². The minimum absolute atomic E-state index is 0.0999. The molecule has 160 valence electrons. The number of nitrogens with one attached hydrogen (secondary N) is 1. The van der Waals surface area contributed by atoms with Crippen molar-refractivity contribution in [1.82, 2.24) is 9.88 Å². The van der Waals surface area contributed by atoms with E-state index >= 15 is 0 Å². The van der Waals surface area contributed by atoms with Crippen LogP contribution < -0.4 is 5.32 Å². The zero-order valence-electron chi connectivity index (χ0n) is 16.8. The topological polar surface area (TPSA) is 71.3 Å². The molecular formula is C24H22BrClN2O3. The van der Waals surface area contributed by atoms with Crippen molar-refractivity contribution in [3.05, 3.63) is 69.3 Å². The number of carbonyl (C=O) groups excluding carboxylic acids is 1. The second kappa shape index (κ2) is 7.68. The standard InChI is InChI=1S/C24H22BrClN2O3/c25-16-3-1-14(2-4-16)13-28-8-7-18-20(26)6-5-19(21(18)28)22(29)27-17-11-24(12-17)9-15(10-24)23(30)31/h1-8,15,17H,9-13H2,(H,27,29)(H,30,31). The summed E-state index contributed by atoms with van der Waals surface area (Å²) in [4.78, 5) is 24.2. The van der Waals surface area contributed by atoms with Gasteiger partial charge in [-0.3, -0.25) is 9.59 Å². The molecule has 2 aliphatic rings. The van der Waals surface area contributed by atoms with Crippen LogP contribution in [0, 0.1) is 11.3 Å². The second-order valence-electron chi connectivity index (χ2n) is 8.95. The predicted molar refractivity (Wildman–Crippen MR) is 123 cm³/mol. The molecule has 5 rings (SSSR count).